The van der Waals surface area contributed by atoms with Crippen molar-refractivity contribution in [2.75, 3.05) is 11.9 Å². The number of phenolic OH excluding ortho intramolecular Hbond substituents is 1. The first-order valence-electron chi connectivity index (χ1n) is 5.93. The van der Waals surface area contributed by atoms with E-state index in [-0.39, 0.29) is 11.7 Å². The number of aryl methyl sites for hydroxylation is 1. The lowest BCUT2D eigenvalue weighted by Gasteiger charge is -2.08. The van der Waals surface area contributed by atoms with Crippen LogP contribution >= 0.6 is 0 Å². The maximum Gasteiger partial charge on any atom is 0.224 e. The minimum Gasteiger partial charge on any atom is -0.505 e. The van der Waals surface area contributed by atoms with Crippen LogP contribution in [-0.2, 0) is 4.79 Å². The van der Waals surface area contributed by atoms with Crippen LogP contribution in [0.3, 0.4) is 0 Å². The standard InChI is InChI=1S/C13H20N2O2/c1-10-6-5-7-11(13(10)17)15-12(16)8-3-2-4-9-14/h5-7,17H,2-4,8-9,14H2,1H3,(H,15,16). The average Bonchev–Trinajstić information content (AvgIpc) is 2.31. The number of hydrogen-bond donors (Lipinski definition) is 3. The number of rotatable bonds is 6. The molecule has 94 valence electrons. The molecule has 0 aliphatic heterocycles. The number of aromatic hydroxyl groups is 1. The van der Waals surface area contributed by atoms with Gasteiger partial charge in [0.25, 0.3) is 0 Å². The second-order valence-electron chi connectivity index (χ2n) is 4.12. The fourth-order valence-corrected chi connectivity index (χ4v) is 1.58. The smallest absolute Gasteiger partial charge is 0.224 e. The Hall–Kier alpha value is -1.55. The fourth-order valence-electron chi connectivity index (χ4n) is 1.58. The summed E-state index contributed by atoms with van der Waals surface area (Å²) < 4.78 is 0. The van der Waals surface area contributed by atoms with Gasteiger partial charge in [-0.2, -0.15) is 0 Å². The first-order valence-corrected chi connectivity index (χ1v) is 5.93. The number of unbranched alkanes of at least 4 members (excludes halogenated alkanes) is 2. The van der Waals surface area contributed by atoms with Gasteiger partial charge in [-0.1, -0.05) is 18.6 Å². The molecule has 0 spiro atoms. The van der Waals surface area contributed by atoms with Gasteiger partial charge < -0.3 is 16.2 Å². The molecule has 0 bridgehead atoms. The van der Waals surface area contributed by atoms with Crippen LogP contribution in [0.4, 0.5) is 5.69 Å². The van der Waals surface area contributed by atoms with Crippen LogP contribution in [0.1, 0.15) is 31.2 Å². The Morgan fingerprint density at radius 3 is 2.82 bits per heavy atom. The minimum absolute atomic E-state index is 0.0667. The predicted molar refractivity (Wildman–Crippen MR) is 69.0 cm³/mol. The van der Waals surface area contributed by atoms with Gasteiger partial charge in [-0.15, -0.1) is 0 Å². The lowest BCUT2D eigenvalue weighted by atomic mass is 10.1. The summed E-state index contributed by atoms with van der Waals surface area (Å²) in [5.74, 6) is 0.0747. The molecule has 4 heteroatoms. The van der Waals surface area contributed by atoms with E-state index in [1.54, 1.807) is 25.1 Å². The van der Waals surface area contributed by atoms with E-state index in [1.807, 2.05) is 0 Å². The molecule has 0 aliphatic carbocycles. The van der Waals surface area contributed by atoms with E-state index in [2.05, 4.69) is 5.32 Å². The Morgan fingerprint density at radius 2 is 2.12 bits per heavy atom. The summed E-state index contributed by atoms with van der Waals surface area (Å²) in [5, 5.41) is 12.4. The molecular formula is C13H20N2O2. The molecular weight excluding hydrogens is 216 g/mol. The van der Waals surface area contributed by atoms with Gasteiger partial charge in [-0.3, -0.25) is 4.79 Å². The molecule has 17 heavy (non-hydrogen) atoms. The summed E-state index contributed by atoms with van der Waals surface area (Å²) in [7, 11) is 0. The zero-order valence-corrected chi connectivity index (χ0v) is 10.2. The molecule has 0 radical (unpaired) electrons. The van der Waals surface area contributed by atoms with E-state index in [4.69, 9.17) is 5.73 Å². The molecule has 1 aromatic carbocycles. The number of amides is 1. The third-order valence-corrected chi connectivity index (χ3v) is 2.62. The Labute approximate surface area is 102 Å². The first-order chi connectivity index (χ1) is 8.15. The van der Waals surface area contributed by atoms with E-state index < -0.39 is 0 Å². The third-order valence-electron chi connectivity index (χ3n) is 2.62. The number of nitrogens with two attached hydrogens (primary N) is 1. The van der Waals surface area contributed by atoms with Crippen molar-refractivity contribution in [3.63, 3.8) is 0 Å². The van der Waals surface area contributed by atoms with Crippen molar-refractivity contribution < 1.29 is 9.90 Å². The Bertz CT molecular complexity index is 378. The van der Waals surface area contributed by atoms with Gasteiger partial charge in [-0.25, -0.2) is 0 Å². The second-order valence-corrected chi connectivity index (χ2v) is 4.12. The Morgan fingerprint density at radius 1 is 1.35 bits per heavy atom. The lowest BCUT2D eigenvalue weighted by Crippen LogP contribution is -2.11. The topological polar surface area (TPSA) is 75.4 Å². The highest BCUT2D eigenvalue weighted by Gasteiger charge is 2.07. The van der Waals surface area contributed by atoms with Crippen molar-refractivity contribution in [3.05, 3.63) is 23.8 Å². The monoisotopic (exact) mass is 236 g/mol. The van der Waals surface area contributed by atoms with E-state index in [1.165, 1.54) is 0 Å². The molecule has 1 aromatic rings. The highest BCUT2D eigenvalue weighted by Crippen LogP contribution is 2.26. The molecule has 4 N–H and O–H groups in total. The molecule has 0 saturated heterocycles. The van der Waals surface area contributed by atoms with Crippen LogP contribution in [0.25, 0.3) is 0 Å². The molecule has 4 nitrogen and oxygen atoms in total. The summed E-state index contributed by atoms with van der Waals surface area (Å²) in [6, 6.07) is 5.30. The van der Waals surface area contributed by atoms with Crippen LogP contribution in [0.5, 0.6) is 5.75 Å². The molecule has 0 atom stereocenters. The second kappa shape index (κ2) is 6.91. The summed E-state index contributed by atoms with van der Waals surface area (Å²) in [5.41, 5.74) is 6.61. The van der Waals surface area contributed by atoms with Crippen molar-refractivity contribution in [2.24, 2.45) is 5.73 Å². The van der Waals surface area contributed by atoms with Gasteiger partial charge in [0.05, 0.1) is 5.69 Å². The van der Waals surface area contributed by atoms with Gasteiger partial charge in [0.1, 0.15) is 5.75 Å². The maximum atomic E-state index is 11.6. The molecule has 0 heterocycles. The Balaban J connectivity index is 2.43. The molecule has 0 fully saturated rings. The quantitative estimate of drug-likeness (QED) is 0.523. The predicted octanol–water partition coefficient (Wildman–Crippen LogP) is 2.16. The third kappa shape index (κ3) is 4.44. The highest BCUT2D eigenvalue weighted by atomic mass is 16.3. The van der Waals surface area contributed by atoms with Crippen LogP contribution in [0.15, 0.2) is 18.2 Å². The zero-order valence-electron chi connectivity index (χ0n) is 10.2. The number of carbonyl (C=O) groups is 1. The van der Waals surface area contributed by atoms with Gasteiger partial charge in [-0.05, 0) is 37.9 Å². The summed E-state index contributed by atoms with van der Waals surface area (Å²) in [6.45, 7) is 2.46. The van der Waals surface area contributed by atoms with Crippen molar-refractivity contribution in [3.8, 4) is 5.75 Å². The van der Waals surface area contributed by atoms with Gasteiger partial charge in [0.15, 0.2) is 0 Å². The molecule has 0 saturated carbocycles. The van der Waals surface area contributed by atoms with Crippen LogP contribution in [-0.4, -0.2) is 17.6 Å². The summed E-state index contributed by atoms with van der Waals surface area (Å²) in [4.78, 5) is 11.6. The minimum atomic E-state index is -0.0667. The Kier molecular flexibility index (Phi) is 5.49. The zero-order chi connectivity index (χ0) is 12.7. The summed E-state index contributed by atoms with van der Waals surface area (Å²) >= 11 is 0. The number of phenols is 1. The number of para-hydroxylation sites is 1. The van der Waals surface area contributed by atoms with Crippen LogP contribution in [0.2, 0.25) is 0 Å². The van der Waals surface area contributed by atoms with Gasteiger partial charge >= 0.3 is 0 Å². The fraction of sp³-hybridized carbons (Fsp3) is 0.462. The lowest BCUT2D eigenvalue weighted by molar-refractivity contribution is -0.116. The van der Waals surface area contributed by atoms with Gasteiger partial charge in [0, 0.05) is 6.42 Å². The number of anilines is 1. The average molecular weight is 236 g/mol. The van der Waals surface area contributed by atoms with Gasteiger partial charge in [0.2, 0.25) is 5.91 Å². The van der Waals surface area contributed by atoms with E-state index in [0.29, 0.717) is 18.7 Å². The highest BCUT2D eigenvalue weighted by molar-refractivity contribution is 5.92. The van der Waals surface area contributed by atoms with E-state index in [9.17, 15) is 9.90 Å². The van der Waals surface area contributed by atoms with Crippen LogP contribution < -0.4 is 11.1 Å². The van der Waals surface area contributed by atoms with E-state index in [0.717, 1.165) is 24.8 Å². The first kappa shape index (κ1) is 13.5. The molecule has 0 aliphatic rings. The maximum absolute atomic E-state index is 11.6. The van der Waals surface area contributed by atoms with Crippen LogP contribution in [0, 0.1) is 6.92 Å². The number of nitrogens with one attached hydrogen (secondary N) is 1. The van der Waals surface area contributed by atoms with Crippen molar-refractivity contribution in [1.29, 1.82) is 0 Å². The molecule has 1 rings (SSSR count). The number of hydrogen-bond acceptors (Lipinski definition) is 3. The molecule has 0 aromatic heterocycles. The summed E-state index contributed by atoms with van der Waals surface area (Å²) in [6.07, 6.45) is 3.20. The molecule has 0 unspecified atom stereocenters. The SMILES string of the molecule is Cc1cccc(NC(=O)CCCCCN)c1O. The van der Waals surface area contributed by atoms with Crippen molar-refractivity contribution in [1.82, 2.24) is 0 Å². The van der Waals surface area contributed by atoms with Crippen molar-refractivity contribution in [2.45, 2.75) is 32.6 Å². The molecule has 1 amide bonds. The number of carbonyl (C=O) groups excluding carboxylic acids is 1. The van der Waals surface area contributed by atoms with E-state index >= 15 is 0 Å². The number of benzene rings is 1. The van der Waals surface area contributed by atoms with Crippen molar-refractivity contribution >= 4 is 11.6 Å². The largest absolute Gasteiger partial charge is 0.505 e. The normalized spacial score (nSPS) is 10.2.